The highest BCUT2D eigenvalue weighted by Crippen LogP contribution is 2.47. The summed E-state index contributed by atoms with van der Waals surface area (Å²) in [5.74, 6) is 0. The van der Waals surface area contributed by atoms with Crippen LogP contribution >= 0.6 is 0 Å². The minimum Gasteiger partial charge on any atom is -0.453 e. The van der Waals surface area contributed by atoms with Gasteiger partial charge in [0.05, 0.1) is 5.69 Å². The molecule has 2 nitrogen and oxygen atoms in total. The van der Waals surface area contributed by atoms with Gasteiger partial charge in [-0.05, 0) is 86.5 Å². The van der Waals surface area contributed by atoms with E-state index in [1.54, 1.807) is 0 Å². The standard InChI is InChI=1S/C54H37NO/c1-5-14-38(15-6-1)41-24-26-44(27-25-41)46-36-51-50-23-13-22-49(45-20-11-4-12-21-45)53(50)56-54(51)52(37-46)55(47-32-28-42(29-33-47)39-16-7-2-8-17-39)48-34-30-43(31-35-48)40-18-9-3-10-19-40/h1-37H. The first kappa shape index (κ1) is 33.2. The molecule has 0 saturated carbocycles. The molecule has 1 heterocycles. The second-order valence-corrected chi connectivity index (χ2v) is 14.1. The molecule has 9 aromatic carbocycles. The van der Waals surface area contributed by atoms with E-state index in [1.807, 2.05) is 0 Å². The highest BCUT2D eigenvalue weighted by molar-refractivity contribution is 6.15. The molecule has 56 heavy (non-hydrogen) atoms. The minimum atomic E-state index is 0.840. The minimum absolute atomic E-state index is 0.840. The molecule has 10 aromatic rings. The van der Waals surface area contributed by atoms with Crippen LogP contribution in [-0.2, 0) is 0 Å². The molecule has 0 unspecified atom stereocenters. The van der Waals surface area contributed by atoms with Gasteiger partial charge < -0.3 is 9.32 Å². The van der Waals surface area contributed by atoms with Crippen LogP contribution in [0.3, 0.4) is 0 Å². The summed E-state index contributed by atoms with van der Waals surface area (Å²) in [6, 6.07) is 79.9. The van der Waals surface area contributed by atoms with Crippen molar-refractivity contribution >= 4 is 39.0 Å². The Balaban J connectivity index is 1.20. The first-order valence-corrected chi connectivity index (χ1v) is 19.1. The molecule has 0 atom stereocenters. The molecule has 2 heteroatoms. The van der Waals surface area contributed by atoms with Crippen molar-refractivity contribution < 1.29 is 4.42 Å². The summed E-state index contributed by atoms with van der Waals surface area (Å²) in [5, 5.41) is 2.16. The van der Waals surface area contributed by atoms with Gasteiger partial charge in [0.1, 0.15) is 5.58 Å². The largest absolute Gasteiger partial charge is 0.453 e. The van der Waals surface area contributed by atoms with Crippen LogP contribution < -0.4 is 4.90 Å². The maximum Gasteiger partial charge on any atom is 0.159 e. The van der Waals surface area contributed by atoms with E-state index in [0.29, 0.717) is 0 Å². The summed E-state index contributed by atoms with van der Waals surface area (Å²) in [5.41, 5.74) is 16.3. The van der Waals surface area contributed by atoms with Gasteiger partial charge in [0.25, 0.3) is 0 Å². The predicted molar refractivity (Wildman–Crippen MR) is 236 cm³/mol. The smallest absolute Gasteiger partial charge is 0.159 e. The fraction of sp³-hybridized carbons (Fsp3) is 0. The second kappa shape index (κ2) is 14.4. The number of fused-ring (bicyclic) bond motifs is 3. The van der Waals surface area contributed by atoms with Crippen molar-refractivity contribution in [2.45, 2.75) is 0 Å². The molecule has 0 bridgehead atoms. The van der Waals surface area contributed by atoms with E-state index in [9.17, 15) is 0 Å². The van der Waals surface area contributed by atoms with E-state index in [2.05, 4.69) is 229 Å². The number of nitrogens with zero attached hydrogens (tertiary/aromatic N) is 1. The number of hydrogen-bond donors (Lipinski definition) is 0. The number of anilines is 3. The van der Waals surface area contributed by atoms with Crippen LogP contribution in [0.1, 0.15) is 0 Å². The van der Waals surface area contributed by atoms with Crippen LogP contribution in [0.25, 0.3) is 77.6 Å². The van der Waals surface area contributed by atoms with Crippen molar-refractivity contribution in [2.24, 2.45) is 0 Å². The monoisotopic (exact) mass is 715 g/mol. The van der Waals surface area contributed by atoms with Crippen LogP contribution in [0, 0.1) is 0 Å². The van der Waals surface area contributed by atoms with Crippen LogP contribution in [0.4, 0.5) is 17.1 Å². The predicted octanol–water partition coefficient (Wildman–Crippen LogP) is 15.4. The molecular formula is C54H37NO. The van der Waals surface area contributed by atoms with Crippen molar-refractivity contribution in [3.8, 4) is 55.6 Å². The molecule has 264 valence electrons. The third kappa shape index (κ3) is 6.24. The van der Waals surface area contributed by atoms with Crippen LogP contribution in [0.5, 0.6) is 0 Å². The van der Waals surface area contributed by atoms with Gasteiger partial charge in [0.2, 0.25) is 0 Å². The topological polar surface area (TPSA) is 16.4 Å². The number of benzene rings is 9. The average Bonchev–Trinajstić information content (AvgIpc) is 3.67. The Hall–Kier alpha value is -7.42. The van der Waals surface area contributed by atoms with Crippen LogP contribution in [0.2, 0.25) is 0 Å². The first-order chi connectivity index (χ1) is 27.8. The third-order valence-electron chi connectivity index (χ3n) is 10.7. The molecule has 0 aliphatic rings. The van der Waals surface area contributed by atoms with Gasteiger partial charge in [-0.1, -0.05) is 188 Å². The molecular weight excluding hydrogens is 679 g/mol. The Bertz CT molecular complexity index is 2820. The summed E-state index contributed by atoms with van der Waals surface area (Å²) in [6.07, 6.45) is 0. The number of hydrogen-bond acceptors (Lipinski definition) is 2. The number of furan rings is 1. The molecule has 0 fully saturated rings. The Labute approximate surface area is 327 Å². The van der Waals surface area contributed by atoms with Crippen molar-refractivity contribution in [3.05, 3.63) is 224 Å². The fourth-order valence-electron chi connectivity index (χ4n) is 7.84. The SMILES string of the molecule is c1ccc(-c2ccc(-c3cc(N(c4ccc(-c5ccccc5)cc4)c4ccc(-c5ccccc5)cc4)c4oc5c(-c6ccccc6)cccc5c4c3)cc2)cc1. The Morgan fingerprint density at radius 3 is 1.12 bits per heavy atom. The lowest BCUT2D eigenvalue weighted by Gasteiger charge is -2.26. The third-order valence-corrected chi connectivity index (χ3v) is 10.7. The molecule has 0 N–H and O–H groups in total. The van der Waals surface area contributed by atoms with Crippen LogP contribution in [0.15, 0.2) is 229 Å². The molecule has 0 aliphatic carbocycles. The van der Waals surface area contributed by atoms with Gasteiger partial charge in [-0.15, -0.1) is 0 Å². The highest BCUT2D eigenvalue weighted by atomic mass is 16.3. The fourth-order valence-corrected chi connectivity index (χ4v) is 7.84. The van der Waals surface area contributed by atoms with E-state index < -0.39 is 0 Å². The Morgan fingerprint density at radius 1 is 0.268 bits per heavy atom. The number of para-hydroxylation sites is 1. The lowest BCUT2D eigenvalue weighted by molar-refractivity contribution is 0.670. The number of rotatable bonds is 8. The lowest BCUT2D eigenvalue weighted by Crippen LogP contribution is -2.10. The lowest BCUT2D eigenvalue weighted by atomic mass is 9.97. The van der Waals surface area contributed by atoms with Gasteiger partial charge in [-0.2, -0.15) is 0 Å². The van der Waals surface area contributed by atoms with Gasteiger partial charge in [0.15, 0.2) is 5.58 Å². The quantitative estimate of drug-likeness (QED) is 0.156. The van der Waals surface area contributed by atoms with Crippen LogP contribution in [-0.4, -0.2) is 0 Å². The molecule has 0 aliphatic heterocycles. The van der Waals surface area contributed by atoms with E-state index in [1.165, 1.54) is 33.4 Å². The maximum atomic E-state index is 7.11. The van der Waals surface area contributed by atoms with Gasteiger partial charge in [0, 0.05) is 27.7 Å². The molecule has 1 aromatic heterocycles. The molecule has 0 radical (unpaired) electrons. The van der Waals surface area contributed by atoms with Gasteiger partial charge in [-0.3, -0.25) is 0 Å². The van der Waals surface area contributed by atoms with E-state index in [0.717, 1.165) is 61.3 Å². The molecule has 0 spiro atoms. The summed E-state index contributed by atoms with van der Waals surface area (Å²) in [4.78, 5) is 2.35. The molecule has 0 amide bonds. The van der Waals surface area contributed by atoms with Gasteiger partial charge in [-0.25, -0.2) is 0 Å². The van der Waals surface area contributed by atoms with Gasteiger partial charge >= 0.3 is 0 Å². The van der Waals surface area contributed by atoms with Crippen molar-refractivity contribution in [1.82, 2.24) is 0 Å². The summed E-state index contributed by atoms with van der Waals surface area (Å²) >= 11 is 0. The van der Waals surface area contributed by atoms with E-state index >= 15 is 0 Å². The zero-order valence-corrected chi connectivity index (χ0v) is 30.7. The first-order valence-electron chi connectivity index (χ1n) is 19.1. The summed E-state index contributed by atoms with van der Waals surface area (Å²) < 4.78 is 7.11. The van der Waals surface area contributed by atoms with Crippen molar-refractivity contribution in [2.75, 3.05) is 4.90 Å². The molecule has 10 rings (SSSR count). The highest BCUT2D eigenvalue weighted by Gasteiger charge is 2.23. The zero-order chi connectivity index (χ0) is 37.3. The van der Waals surface area contributed by atoms with Crippen molar-refractivity contribution in [3.63, 3.8) is 0 Å². The van der Waals surface area contributed by atoms with E-state index in [-0.39, 0.29) is 0 Å². The van der Waals surface area contributed by atoms with Crippen molar-refractivity contribution in [1.29, 1.82) is 0 Å². The summed E-state index contributed by atoms with van der Waals surface area (Å²) in [7, 11) is 0. The summed E-state index contributed by atoms with van der Waals surface area (Å²) in [6.45, 7) is 0. The zero-order valence-electron chi connectivity index (χ0n) is 30.7. The molecule has 0 saturated heterocycles. The maximum absolute atomic E-state index is 7.11. The Kier molecular flexibility index (Phi) is 8.55. The Morgan fingerprint density at radius 2 is 0.661 bits per heavy atom. The second-order valence-electron chi connectivity index (χ2n) is 14.1. The average molecular weight is 716 g/mol. The van der Waals surface area contributed by atoms with E-state index in [4.69, 9.17) is 4.42 Å². The normalized spacial score (nSPS) is 11.2.